The molecule has 1 fully saturated rings. The minimum Gasteiger partial charge on any atom is -0.396 e. The number of carbonyl (C=O) groups excluding carboxylic acids is 1. The Hall–Kier alpha value is -0.570. The average molecular weight is 199 g/mol. The van der Waals surface area contributed by atoms with Gasteiger partial charge in [-0.25, -0.2) is 0 Å². The van der Waals surface area contributed by atoms with E-state index in [2.05, 4.69) is 0 Å². The van der Waals surface area contributed by atoms with Crippen molar-refractivity contribution in [3.8, 4) is 0 Å². The summed E-state index contributed by atoms with van der Waals surface area (Å²) < 4.78 is 0. The highest BCUT2D eigenvalue weighted by atomic mass is 16.3. The molecule has 0 aliphatic heterocycles. The van der Waals surface area contributed by atoms with Gasteiger partial charge in [0.1, 0.15) is 0 Å². The Morgan fingerprint density at radius 1 is 1.43 bits per heavy atom. The molecule has 82 valence electrons. The standard InChI is InChI=1S/C11H21NO2/c1-9(14)12(2)7-10-4-3-5-11(6-10)8-13/h10-11,13H,3-8H2,1-2H3. The largest absolute Gasteiger partial charge is 0.396 e. The molecule has 1 amide bonds. The summed E-state index contributed by atoms with van der Waals surface area (Å²) in [6.45, 7) is 2.76. The van der Waals surface area contributed by atoms with Crippen LogP contribution in [0.1, 0.15) is 32.6 Å². The SMILES string of the molecule is CC(=O)N(C)CC1CCCC(CO)C1. The summed E-state index contributed by atoms with van der Waals surface area (Å²) in [5.41, 5.74) is 0. The minimum atomic E-state index is 0.135. The highest BCUT2D eigenvalue weighted by Gasteiger charge is 2.22. The Morgan fingerprint density at radius 2 is 2.07 bits per heavy atom. The van der Waals surface area contributed by atoms with Gasteiger partial charge in [0, 0.05) is 27.1 Å². The Kier molecular flexibility index (Phi) is 4.39. The maximum atomic E-state index is 11.0. The lowest BCUT2D eigenvalue weighted by Crippen LogP contribution is -2.32. The molecule has 1 aliphatic rings. The van der Waals surface area contributed by atoms with Crippen molar-refractivity contribution in [1.29, 1.82) is 0 Å². The van der Waals surface area contributed by atoms with Crippen molar-refractivity contribution in [3.05, 3.63) is 0 Å². The number of rotatable bonds is 3. The molecule has 0 heterocycles. The van der Waals surface area contributed by atoms with Gasteiger partial charge in [-0.3, -0.25) is 4.79 Å². The molecule has 1 rings (SSSR count). The molecule has 1 N–H and O–H groups in total. The molecular formula is C11H21NO2. The molecule has 0 bridgehead atoms. The molecule has 1 aliphatic carbocycles. The molecule has 0 aromatic rings. The van der Waals surface area contributed by atoms with Crippen LogP contribution in [0.25, 0.3) is 0 Å². The molecule has 14 heavy (non-hydrogen) atoms. The van der Waals surface area contributed by atoms with E-state index in [-0.39, 0.29) is 5.91 Å². The average Bonchev–Trinajstić information content (AvgIpc) is 2.18. The fourth-order valence-corrected chi connectivity index (χ4v) is 2.25. The van der Waals surface area contributed by atoms with Crippen LogP contribution < -0.4 is 0 Å². The number of amides is 1. The summed E-state index contributed by atoms with van der Waals surface area (Å²) in [6, 6.07) is 0. The Morgan fingerprint density at radius 3 is 2.64 bits per heavy atom. The van der Waals surface area contributed by atoms with Crippen LogP contribution in [0, 0.1) is 11.8 Å². The van der Waals surface area contributed by atoms with E-state index in [1.165, 1.54) is 12.8 Å². The second kappa shape index (κ2) is 5.35. The van der Waals surface area contributed by atoms with E-state index in [0.717, 1.165) is 19.4 Å². The Labute approximate surface area is 86.1 Å². The second-order valence-electron chi connectivity index (χ2n) is 4.48. The Bertz CT molecular complexity index is 194. The second-order valence-corrected chi connectivity index (χ2v) is 4.48. The summed E-state index contributed by atoms with van der Waals surface area (Å²) in [5, 5.41) is 9.07. The third kappa shape index (κ3) is 3.29. The maximum Gasteiger partial charge on any atom is 0.219 e. The van der Waals surface area contributed by atoms with Crippen LogP contribution in [0.5, 0.6) is 0 Å². The van der Waals surface area contributed by atoms with Crippen LogP contribution in [-0.4, -0.2) is 36.1 Å². The van der Waals surface area contributed by atoms with Gasteiger partial charge in [0.05, 0.1) is 0 Å². The van der Waals surface area contributed by atoms with Crippen molar-refractivity contribution < 1.29 is 9.90 Å². The zero-order valence-corrected chi connectivity index (χ0v) is 9.20. The minimum absolute atomic E-state index is 0.135. The van der Waals surface area contributed by atoms with E-state index in [1.807, 2.05) is 7.05 Å². The van der Waals surface area contributed by atoms with E-state index in [4.69, 9.17) is 5.11 Å². The van der Waals surface area contributed by atoms with Crippen molar-refractivity contribution in [2.24, 2.45) is 11.8 Å². The summed E-state index contributed by atoms with van der Waals surface area (Å²) >= 11 is 0. The van der Waals surface area contributed by atoms with E-state index in [9.17, 15) is 4.79 Å². The van der Waals surface area contributed by atoms with Crippen LogP contribution in [0.15, 0.2) is 0 Å². The van der Waals surface area contributed by atoms with Gasteiger partial charge in [-0.2, -0.15) is 0 Å². The van der Waals surface area contributed by atoms with Crippen LogP contribution in [0.2, 0.25) is 0 Å². The fourth-order valence-electron chi connectivity index (χ4n) is 2.25. The number of hydrogen-bond acceptors (Lipinski definition) is 2. The lowest BCUT2D eigenvalue weighted by Gasteiger charge is -2.30. The number of nitrogens with zero attached hydrogens (tertiary/aromatic N) is 1. The molecule has 3 heteroatoms. The highest BCUT2D eigenvalue weighted by Crippen LogP contribution is 2.28. The summed E-state index contributed by atoms with van der Waals surface area (Å²) in [6.07, 6.45) is 4.63. The Balaban J connectivity index is 2.33. The highest BCUT2D eigenvalue weighted by molar-refractivity contribution is 5.72. The van der Waals surface area contributed by atoms with Crippen molar-refractivity contribution in [2.45, 2.75) is 32.6 Å². The van der Waals surface area contributed by atoms with Gasteiger partial charge in [0.25, 0.3) is 0 Å². The van der Waals surface area contributed by atoms with Gasteiger partial charge in [0.15, 0.2) is 0 Å². The molecule has 0 aromatic heterocycles. The predicted molar refractivity (Wildman–Crippen MR) is 55.8 cm³/mol. The van der Waals surface area contributed by atoms with Crippen LogP contribution in [0.3, 0.4) is 0 Å². The third-order valence-corrected chi connectivity index (χ3v) is 3.22. The molecule has 2 atom stereocenters. The van der Waals surface area contributed by atoms with Gasteiger partial charge in [-0.05, 0) is 31.1 Å². The third-order valence-electron chi connectivity index (χ3n) is 3.22. The first-order valence-corrected chi connectivity index (χ1v) is 5.46. The first-order valence-electron chi connectivity index (χ1n) is 5.46. The van der Waals surface area contributed by atoms with Gasteiger partial charge in [-0.1, -0.05) is 6.42 Å². The van der Waals surface area contributed by atoms with Gasteiger partial charge >= 0.3 is 0 Å². The first kappa shape index (κ1) is 11.5. The number of hydrogen-bond donors (Lipinski definition) is 1. The summed E-state index contributed by atoms with van der Waals surface area (Å²) in [4.78, 5) is 12.8. The number of aliphatic hydroxyl groups excluding tert-OH is 1. The molecule has 0 aromatic carbocycles. The van der Waals surface area contributed by atoms with Crippen LogP contribution in [0.4, 0.5) is 0 Å². The zero-order valence-electron chi connectivity index (χ0n) is 9.20. The fraction of sp³-hybridized carbons (Fsp3) is 0.909. The first-order chi connectivity index (χ1) is 6.63. The van der Waals surface area contributed by atoms with Crippen molar-refractivity contribution >= 4 is 5.91 Å². The molecular weight excluding hydrogens is 178 g/mol. The van der Waals surface area contributed by atoms with Crippen LogP contribution in [-0.2, 0) is 4.79 Å². The van der Waals surface area contributed by atoms with E-state index < -0.39 is 0 Å². The quantitative estimate of drug-likeness (QED) is 0.743. The molecule has 1 saturated carbocycles. The van der Waals surface area contributed by atoms with Gasteiger partial charge < -0.3 is 10.0 Å². The maximum absolute atomic E-state index is 11.0. The van der Waals surface area contributed by atoms with Crippen molar-refractivity contribution in [1.82, 2.24) is 4.90 Å². The van der Waals surface area contributed by atoms with E-state index in [1.54, 1.807) is 11.8 Å². The van der Waals surface area contributed by atoms with Crippen molar-refractivity contribution in [3.63, 3.8) is 0 Å². The molecule has 2 unspecified atom stereocenters. The lowest BCUT2D eigenvalue weighted by atomic mass is 9.81. The smallest absolute Gasteiger partial charge is 0.219 e. The number of aliphatic hydroxyl groups is 1. The topological polar surface area (TPSA) is 40.5 Å². The van der Waals surface area contributed by atoms with Crippen molar-refractivity contribution in [2.75, 3.05) is 20.2 Å². The summed E-state index contributed by atoms with van der Waals surface area (Å²) in [5.74, 6) is 1.19. The zero-order chi connectivity index (χ0) is 10.6. The lowest BCUT2D eigenvalue weighted by molar-refractivity contribution is -0.128. The number of carbonyl (C=O) groups is 1. The monoisotopic (exact) mass is 199 g/mol. The predicted octanol–water partition coefficient (Wildman–Crippen LogP) is 1.26. The molecule has 0 spiro atoms. The van der Waals surface area contributed by atoms with E-state index >= 15 is 0 Å². The van der Waals surface area contributed by atoms with Gasteiger partial charge in [-0.15, -0.1) is 0 Å². The van der Waals surface area contributed by atoms with Gasteiger partial charge in [0.2, 0.25) is 5.91 Å². The molecule has 0 saturated heterocycles. The van der Waals surface area contributed by atoms with Crippen LogP contribution >= 0.6 is 0 Å². The summed E-state index contributed by atoms with van der Waals surface area (Å²) in [7, 11) is 1.85. The van der Waals surface area contributed by atoms with E-state index in [0.29, 0.717) is 18.4 Å². The molecule has 0 radical (unpaired) electrons. The molecule has 3 nitrogen and oxygen atoms in total. The normalized spacial score (nSPS) is 27.4.